The molecule has 0 amide bonds. The van der Waals surface area contributed by atoms with Crippen LogP contribution in [0.1, 0.15) is 46.2 Å². The van der Waals surface area contributed by atoms with Gasteiger partial charge in [-0.1, -0.05) is 81.6 Å². The molecule has 190 valence electrons. The molecule has 0 spiro atoms. The average molecular weight is 584 g/mol. The van der Waals surface area contributed by atoms with Gasteiger partial charge < -0.3 is 10.1 Å². The van der Waals surface area contributed by atoms with Crippen LogP contribution in [0.4, 0.5) is 11.4 Å². The number of aliphatic imine (C=N–C) groups is 1. The maximum absolute atomic E-state index is 6.49. The molecule has 4 aromatic carbocycles. The lowest BCUT2D eigenvalue weighted by molar-refractivity contribution is 0.306. The van der Waals surface area contributed by atoms with Crippen molar-refractivity contribution in [3.8, 4) is 5.75 Å². The zero-order valence-corrected chi connectivity index (χ0v) is 23.4. The van der Waals surface area contributed by atoms with Crippen molar-refractivity contribution in [3.05, 3.63) is 134 Å². The van der Waals surface area contributed by atoms with Gasteiger partial charge >= 0.3 is 0 Å². The molecule has 0 saturated heterocycles. The molecule has 2 aliphatic rings. The normalized spacial score (nSPS) is 19.7. The molecule has 1 N–H and O–H groups in total. The minimum Gasteiger partial charge on any atom is -0.487 e. The summed E-state index contributed by atoms with van der Waals surface area (Å²) in [5.74, 6) is 1.67. The number of fused-ring (bicyclic) bond motifs is 3. The first-order chi connectivity index (χ1) is 18.5. The van der Waals surface area contributed by atoms with Crippen molar-refractivity contribution in [2.24, 2.45) is 10.9 Å². The Morgan fingerprint density at radius 2 is 1.82 bits per heavy atom. The molecular weight excluding hydrogens is 556 g/mol. The molecule has 4 aromatic rings. The summed E-state index contributed by atoms with van der Waals surface area (Å²) in [5, 5.41) is 4.39. The molecule has 6 rings (SSSR count). The first-order valence-electron chi connectivity index (χ1n) is 12.9. The van der Waals surface area contributed by atoms with Crippen LogP contribution in [0.2, 0.25) is 5.02 Å². The second-order valence-corrected chi connectivity index (χ2v) is 11.3. The lowest BCUT2D eigenvalue weighted by atomic mass is 9.76. The van der Waals surface area contributed by atoms with E-state index in [1.807, 2.05) is 48.7 Å². The topological polar surface area (TPSA) is 33.6 Å². The largest absolute Gasteiger partial charge is 0.487 e. The highest BCUT2D eigenvalue weighted by atomic mass is 79.9. The summed E-state index contributed by atoms with van der Waals surface area (Å²) in [6, 6.07) is 29.4. The van der Waals surface area contributed by atoms with Crippen LogP contribution < -0.4 is 10.1 Å². The van der Waals surface area contributed by atoms with Crippen molar-refractivity contribution in [2.75, 3.05) is 5.32 Å². The molecule has 1 heterocycles. The molecule has 0 unspecified atom stereocenters. The molecule has 1 aliphatic heterocycles. The zero-order chi connectivity index (χ0) is 26.1. The smallest absolute Gasteiger partial charge is 0.138 e. The molecule has 0 aromatic heterocycles. The lowest BCUT2D eigenvalue weighted by Crippen LogP contribution is -2.29. The van der Waals surface area contributed by atoms with Crippen molar-refractivity contribution in [1.82, 2.24) is 0 Å². The minimum absolute atomic E-state index is 0.284. The number of halogens is 2. The van der Waals surface area contributed by atoms with Crippen LogP contribution in [0, 0.1) is 12.8 Å². The van der Waals surface area contributed by atoms with Crippen LogP contribution in [0.3, 0.4) is 0 Å². The van der Waals surface area contributed by atoms with E-state index in [1.54, 1.807) is 0 Å². The van der Waals surface area contributed by atoms with E-state index in [-0.39, 0.29) is 6.04 Å². The molecule has 0 saturated carbocycles. The van der Waals surface area contributed by atoms with E-state index in [2.05, 4.69) is 87.8 Å². The standard InChI is InChI=1S/C33H28BrClN2O/c1-21-5-15-31-29(17-21)27-3-2-4-28(27)33(37-31)24-9-13-26(14-10-24)36-19-23-8-16-32(30(35)18-23)38-20-22-6-11-25(34)12-7-22/h2-3,5-19,27-28,33,37H,4,20H2,1H3/t27-,28-,33+/m1/s1. The summed E-state index contributed by atoms with van der Waals surface area (Å²) >= 11 is 9.94. The Kier molecular flexibility index (Phi) is 7.10. The molecule has 1 aliphatic carbocycles. The Hall–Kier alpha value is -3.34. The minimum atomic E-state index is 0.284. The van der Waals surface area contributed by atoms with E-state index in [9.17, 15) is 0 Å². The Morgan fingerprint density at radius 3 is 2.61 bits per heavy atom. The number of hydrogen-bond acceptors (Lipinski definition) is 3. The number of nitrogens with one attached hydrogen (secondary N) is 1. The van der Waals surface area contributed by atoms with Crippen molar-refractivity contribution in [3.63, 3.8) is 0 Å². The molecule has 3 nitrogen and oxygen atoms in total. The fraction of sp³-hybridized carbons (Fsp3) is 0.182. The van der Waals surface area contributed by atoms with Gasteiger partial charge in [0.15, 0.2) is 0 Å². The second kappa shape index (κ2) is 10.8. The number of aryl methyl sites for hydroxylation is 1. The predicted octanol–water partition coefficient (Wildman–Crippen LogP) is 9.57. The highest BCUT2D eigenvalue weighted by molar-refractivity contribution is 9.10. The monoisotopic (exact) mass is 582 g/mol. The third-order valence-electron chi connectivity index (χ3n) is 7.40. The summed E-state index contributed by atoms with van der Waals surface area (Å²) in [6.45, 7) is 2.63. The number of nitrogens with zero attached hydrogens (tertiary/aromatic N) is 1. The van der Waals surface area contributed by atoms with Gasteiger partial charge in [-0.15, -0.1) is 0 Å². The lowest BCUT2D eigenvalue weighted by Gasteiger charge is -2.37. The van der Waals surface area contributed by atoms with Crippen LogP contribution in [0.25, 0.3) is 0 Å². The number of anilines is 1. The molecular formula is C33H28BrClN2O. The fourth-order valence-electron chi connectivity index (χ4n) is 5.42. The third-order valence-corrected chi connectivity index (χ3v) is 8.22. The van der Waals surface area contributed by atoms with Crippen molar-refractivity contribution in [2.45, 2.75) is 31.9 Å². The number of ether oxygens (including phenoxy) is 1. The van der Waals surface area contributed by atoms with Crippen LogP contribution in [-0.2, 0) is 6.61 Å². The van der Waals surface area contributed by atoms with Crippen LogP contribution in [-0.4, -0.2) is 6.21 Å². The van der Waals surface area contributed by atoms with E-state index in [1.165, 1.54) is 22.4 Å². The molecule has 38 heavy (non-hydrogen) atoms. The number of allylic oxidation sites excluding steroid dienone is 2. The molecule has 3 atom stereocenters. The fourth-order valence-corrected chi connectivity index (χ4v) is 5.92. The van der Waals surface area contributed by atoms with Crippen LogP contribution in [0.15, 0.2) is 107 Å². The van der Waals surface area contributed by atoms with Crippen molar-refractivity contribution in [1.29, 1.82) is 0 Å². The highest BCUT2D eigenvalue weighted by Crippen LogP contribution is 2.50. The molecule has 0 bridgehead atoms. The molecule has 5 heteroatoms. The Balaban J connectivity index is 1.12. The van der Waals surface area contributed by atoms with E-state index < -0.39 is 0 Å². The van der Waals surface area contributed by atoms with E-state index in [0.29, 0.717) is 29.2 Å². The van der Waals surface area contributed by atoms with Crippen LogP contribution in [0.5, 0.6) is 5.75 Å². The van der Waals surface area contributed by atoms with E-state index >= 15 is 0 Å². The number of hydrogen-bond donors (Lipinski definition) is 1. The SMILES string of the molecule is Cc1ccc2c(c1)[C@@H]1C=CC[C@H]1[C@H](c1ccc(N=Cc3ccc(OCc4ccc(Br)cc4)c(Cl)c3)cc1)N2. The Morgan fingerprint density at radius 1 is 1.00 bits per heavy atom. The maximum atomic E-state index is 6.49. The average Bonchev–Trinajstić information content (AvgIpc) is 3.43. The van der Waals surface area contributed by atoms with Gasteiger partial charge in [0.2, 0.25) is 0 Å². The van der Waals surface area contributed by atoms with Gasteiger partial charge in [0.05, 0.1) is 16.8 Å². The Bertz CT molecular complexity index is 1510. The quantitative estimate of drug-likeness (QED) is 0.181. The maximum Gasteiger partial charge on any atom is 0.138 e. The second-order valence-electron chi connectivity index (χ2n) is 10.0. The van der Waals surface area contributed by atoms with Gasteiger partial charge in [-0.25, -0.2) is 0 Å². The van der Waals surface area contributed by atoms with Gasteiger partial charge in [0.1, 0.15) is 12.4 Å². The van der Waals surface area contributed by atoms with Crippen molar-refractivity contribution < 1.29 is 4.74 Å². The first-order valence-corrected chi connectivity index (χ1v) is 14.1. The summed E-state index contributed by atoms with van der Waals surface area (Å²) in [4.78, 5) is 4.69. The number of benzene rings is 4. The van der Waals surface area contributed by atoms with E-state index in [4.69, 9.17) is 16.3 Å². The van der Waals surface area contributed by atoms with Gasteiger partial charge in [-0.05, 0) is 90.0 Å². The zero-order valence-electron chi connectivity index (χ0n) is 21.1. The van der Waals surface area contributed by atoms with Gasteiger partial charge in [-0.2, -0.15) is 0 Å². The summed E-state index contributed by atoms with van der Waals surface area (Å²) in [6.07, 6.45) is 7.66. The first kappa shape index (κ1) is 25.0. The Labute approximate surface area is 237 Å². The molecule has 0 fully saturated rings. The predicted molar refractivity (Wildman–Crippen MR) is 161 cm³/mol. The van der Waals surface area contributed by atoms with E-state index in [0.717, 1.165) is 27.7 Å². The van der Waals surface area contributed by atoms with Gasteiger partial charge in [0, 0.05) is 22.3 Å². The van der Waals surface area contributed by atoms with Crippen molar-refractivity contribution >= 4 is 45.1 Å². The summed E-state index contributed by atoms with van der Waals surface area (Å²) in [7, 11) is 0. The third kappa shape index (κ3) is 5.29. The summed E-state index contributed by atoms with van der Waals surface area (Å²) < 4.78 is 6.95. The number of rotatable bonds is 6. The summed E-state index contributed by atoms with van der Waals surface area (Å²) in [5.41, 5.74) is 8.20. The van der Waals surface area contributed by atoms with Gasteiger partial charge in [0.25, 0.3) is 0 Å². The van der Waals surface area contributed by atoms with Crippen LogP contribution >= 0.6 is 27.5 Å². The molecule has 0 radical (unpaired) electrons. The highest BCUT2D eigenvalue weighted by Gasteiger charge is 2.37. The van der Waals surface area contributed by atoms with Gasteiger partial charge in [-0.3, -0.25) is 4.99 Å².